The summed E-state index contributed by atoms with van der Waals surface area (Å²) < 4.78 is 5.63. The zero-order valence-electron chi connectivity index (χ0n) is 15.0. The third kappa shape index (κ3) is 5.10. The van der Waals surface area contributed by atoms with Crippen molar-refractivity contribution in [1.82, 2.24) is 0 Å². The Morgan fingerprint density at radius 1 is 1.00 bits per heavy atom. The number of hydrogen-bond donors (Lipinski definition) is 0. The molecule has 1 aliphatic rings. The summed E-state index contributed by atoms with van der Waals surface area (Å²) in [6, 6.07) is 6.45. The molecule has 134 valence electrons. The summed E-state index contributed by atoms with van der Waals surface area (Å²) in [7, 11) is 0. The molecule has 1 aromatic rings. The van der Waals surface area contributed by atoms with Gasteiger partial charge in [0.1, 0.15) is 6.10 Å². The first kappa shape index (κ1) is 19.1. The van der Waals surface area contributed by atoms with Gasteiger partial charge in [-0.05, 0) is 43.5 Å². The van der Waals surface area contributed by atoms with Crippen LogP contribution in [0.25, 0.3) is 0 Å². The lowest BCUT2D eigenvalue weighted by Gasteiger charge is -2.15. The monoisotopic (exact) mass is 343 g/mol. The highest BCUT2D eigenvalue weighted by atomic mass is 16.5. The average Bonchev–Trinajstić information content (AvgIpc) is 2.92. The molecular weight excluding hydrogens is 318 g/mol. The Labute approximate surface area is 148 Å². The van der Waals surface area contributed by atoms with Gasteiger partial charge in [-0.25, -0.2) is 4.90 Å². The van der Waals surface area contributed by atoms with E-state index >= 15 is 0 Å². The van der Waals surface area contributed by atoms with Gasteiger partial charge in [0.2, 0.25) is 0 Å². The van der Waals surface area contributed by atoms with Crippen molar-refractivity contribution in [3.63, 3.8) is 0 Å². The summed E-state index contributed by atoms with van der Waals surface area (Å²) in [6.07, 6.45) is 5.16. The number of benzene rings is 1. The molecule has 25 heavy (non-hydrogen) atoms. The highest BCUT2D eigenvalue weighted by molar-refractivity contribution is 6.28. The molecule has 0 aromatic heterocycles. The number of imide groups is 1. The SMILES string of the molecule is CC(C)CCCCOC(C)C(=O)c1ccc(N2C(=O)C=CC2=O)cc1. The van der Waals surface area contributed by atoms with E-state index in [2.05, 4.69) is 13.8 Å². The van der Waals surface area contributed by atoms with Crippen molar-refractivity contribution >= 4 is 23.3 Å². The van der Waals surface area contributed by atoms with Gasteiger partial charge in [0.05, 0.1) is 5.69 Å². The van der Waals surface area contributed by atoms with E-state index in [9.17, 15) is 14.4 Å². The van der Waals surface area contributed by atoms with E-state index in [0.29, 0.717) is 23.8 Å². The molecule has 1 unspecified atom stereocenters. The summed E-state index contributed by atoms with van der Waals surface area (Å²) in [5, 5.41) is 0. The van der Waals surface area contributed by atoms with Gasteiger partial charge in [-0.3, -0.25) is 14.4 Å². The lowest BCUT2D eigenvalue weighted by Crippen LogP contribution is -2.29. The lowest BCUT2D eigenvalue weighted by atomic mass is 10.1. The zero-order valence-corrected chi connectivity index (χ0v) is 15.0. The van der Waals surface area contributed by atoms with Crippen LogP contribution < -0.4 is 4.90 Å². The third-order valence-electron chi connectivity index (χ3n) is 4.13. The average molecular weight is 343 g/mol. The summed E-state index contributed by atoms with van der Waals surface area (Å²) in [5.41, 5.74) is 0.962. The topological polar surface area (TPSA) is 63.7 Å². The summed E-state index contributed by atoms with van der Waals surface area (Å²) >= 11 is 0. The number of unbranched alkanes of at least 4 members (excludes halogenated alkanes) is 1. The number of ketones is 1. The first-order valence-corrected chi connectivity index (χ1v) is 8.72. The normalized spacial score (nSPS) is 15.3. The van der Waals surface area contributed by atoms with Crippen molar-refractivity contribution in [3.05, 3.63) is 42.0 Å². The number of hydrogen-bond acceptors (Lipinski definition) is 4. The molecule has 1 heterocycles. The number of anilines is 1. The Bertz CT molecular complexity index is 643. The highest BCUT2D eigenvalue weighted by Gasteiger charge is 2.25. The number of carbonyl (C=O) groups is 3. The van der Waals surface area contributed by atoms with Crippen LogP contribution in [0.15, 0.2) is 36.4 Å². The molecule has 5 nitrogen and oxygen atoms in total. The van der Waals surface area contributed by atoms with Crippen LogP contribution in [-0.4, -0.2) is 30.3 Å². The number of ether oxygens (including phenoxy) is 1. The second kappa shape index (κ2) is 8.72. The molecule has 5 heteroatoms. The quantitative estimate of drug-likeness (QED) is 0.391. The largest absolute Gasteiger partial charge is 0.370 e. The fourth-order valence-electron chi connectivity index (χ4n) is 2.65. The lowest BCUT2D eigenvalue weighted by molar-refractivity contribution is -0.119. The molecule has 1 atom stereocenters. The smallest absolute Gasteiger partial charge is 0.258 e. The number of rotatable bonds is 9. The Morgan fingerprint density at radius 2 is 1.60 bits per heavy atom. The molecule has 2 rings (SSSR count). The van der Waals surface area contributed by atoms with Crippen molar-refractivity contribution in [2.24, 2.45) is 5.92 Å². The molecule has 0 saturated heterocycles. The van der Waals surface area contributed by atoms with E-state index in [-0.39, 0.29) is 17.6 Å². The van der Waals surface area contributed by atoms with E-state index in [0.717, 1.165) is 24.2 Å². The minimum absolute atomic E-state index is 0.104. The zero-order chi connectivity index (χ0) is 18.4. The Hall–Kier alpha value is -2.27. The first-order valence-electron chi connectivity index (χ1n) is 8.72. The fourth-order valence-corrected chi connectivity index (χ4v) is 2.65. The fraction of sp³-hybridized carbons (Fsp3) is 0.450. The van der Waals surface area contributed by atoms with Crippen LogP contribution in [0.1, 0.15) is 50.4 Å². The minimum Gasteiger partial charge on any atom is -0.370 e. The number of amides is 2. The second-order valence-corrected chi connectivity index (χ2v) is 6.66. The van der Waals surface area contributed by atoms with E-state index in [1.54, 1.807) is 31.2 Å². The summed E-state index contributed by atoms with van der Waals surface area (Å²) in [4.78, 5) is 36.8. The standard InChI is InChI=1S/C20H25NO4/c1-14(2)6-4-5-13-25-15(3)20(24)16-7-9-17(10-8-16)21-18(22)11-12-19(21)23/h7-12,14-15H,4-6,13H2,1-3H3. The van der Waals surface area contributed by atoms with Crippen molar-refractivity contribution in [2.75, 3.05) is 11.5 Å². The van der Waals surface area contributed by atoms with Crippen LogP contribution in [0.2, 0.25) is 0 Å². The number of Topliss-reactive ketones (excluding diaryl/α,β-unsaturated/α-hetero) is 1. The van der Waals surface area contributed by atoms with Crippen molar-refractivity contribution in [1.29, 1.82) is 0 Å². The maximum Gasteiger partial charge on any atom is 0.258 e. The maximum atomic E-state index is 12.4. The van der Waals surface area contributed by atoms with Gasteiger partial charge in [0, 0.05) is 24.3 Å². The second-order valence-electron chi connectivity index (χ2n) is 6.66. The third-order valence-corrected chi connectivity index (χ3v) is 4.13. The van der Waals surface area contributed by atoms with Gasteiger partial charge < -0.3 is 4.74 Å². The van der Waals surface area contributed by atoms with Gasteiger partial charge in [0.15, 0.2) is 5.78 Å². The molecule has 0 saturated carbocycles. The van der Waals surface area contributed by atoms with Gasteiger partial charge in [-0.2, -0.15) is 0 Å². The van der Waals surface area contributed by atoms with Crippen molar-refractivity contribution < 1.29 is 19.1 Å². The van der Waals surface area contributed by atoms with Gasteiger partial charge in [-0.1, -0.05) is 26.7 Å². The predicted octanol–water partition coefficient (Wildman–Crippen LogP) is 3.53. The molecular formula is C20H25NO4. The molecule has 1 aliphatic heterocycles. The van der Waals surface area contributed by atoms with Crippen molar-refractivity contribution in [2.45, 2.75) is 46.1 Å². The van der Waals surface area contributed by atoms with Gasteiger partial charge in [-0.15, -0.1) is 0 Å². The van der Waals surface area contributed by atoms with Crippen LogP contribution in [0, 0.1) is 5.92 Å². The maximum absolute atomic E-state index is 12.4. The Morgan fingerprint density at radius 3 is 2.16 bits per heavy atom. The van der Waals surface area contributed by atoms with E-state index in [1.165, 1.54) is 12.2 Å². The van der Waals surface area contributed by atoms with Crippen LogP contribution in [0.3, 0.4) is 0 Å². The molecule has 1 aromatic carbocycles. The predicted molar refractivity (Wildman–Crippen MR) is 96.5 cm³/mol. The minimum atomic E-state index is -0.512. The van der Waals surface area contributed by atoms with Crippen molar-refractivity contribution in [3.8, 4) is 0 Å². The molecule has 0 N–H and O–H groups in total. The molecule has 2 amide bonds. The molecule has 0 spiro atoms. The van der Waals surface area contributed by atoms with E-state index in [4.69, 9.17) is 4.74 Å². The van der Waals surface area contributed by atoms with E-state index < -0.39 is 6.10 Å². The summed E-state index contributed by atoms with van der Waals surface area (Å²) in [6.45, 7) is 6.70. The highest BCUT2D eigenvalue weighted by Crippen LogP contribution is 2.20. The number of carbonyl (C=O) groups excluding carboxylic acids is 3. The first-order chi connectivity index (χ1) is 11.9. The summed E-state index contributed by atoms with van der Waals surface area (Å²) in [5.74, 6) is -0.167. The molecule has 0 fully saturated rings. The molecule has 0 bridgehead atoms. The molecule has 0 radical (unpaired) electrons. The number of nitrogens with zero attached hydrogens (tertiary/aromatic N) is 1. The van der Waals surface area contributed by atoms with Gasteiger partial charge in [0.25, 0.3) is 11.8 Å². The van der Waals surface area contributed by atoms with Crippen LogP contribution in [0.4, 0.5) is 5.69 Å². The van der Waals surface area contributed by atoms with Crippen LogP contribution in [-0.2, 0) is 14.3 Å². The van der Waals surface area contributed by atoms with Crippen LogP contribution >= 0.6 is 0 Å². The molecule has 0 aliphatic carbocycles. The Kier molecular flexibility index (Phi) is 6.65. The van der Waals surface area contributed by atoms with Gasteiger partial charge >= 0.3 is 0 Å². The Balaban J connectivity index is 1.87. The van der Waals surface area contributed by atoms with Crippen LogP contribution in [0.5, 0.6) is 0 Å². The van der Waals surface area contributed by atoms with E-state index in [1.807, 2.05) is 0 Å².